The van der Waals surface area contributed by atoms with Crippen molar-refractivity contribution in [1.29, 1.82) is 0 Å². The Kier molecular flexibility index (Phi) is 4.71. The van der Waals surface area contributed by atoms with Crippen LogP contribution in [0.15, 0.2) is 45.5 Å². The molecule has 2 aromatic heterocycles. The minimum absolute atomic E-state index is 0.112. The van der Waals surface area contributed by atoms with Gasteiger partial charge < -0.3 is 15.0 Å². The van der Waals surface area contributed by atoms with Gasteiger partial charge in [0.15, 0.2) is 9.84 Å². The molecule has 6 nitrogen and oxygen atoms in total. The van der Waals surface area contributed by atoms with Crippen molar-refractivity contribution >= 4 is 36.9 Å². The summed E-state index contributed by atoms with van der Waals surface area (Å²) in [5, 5.41) is 10.2. The number of hydrogen-bond donors (Lipinski definition) is 2. The monoisotopic (exact) mass is 444 g/mol. The molecule has 1 saturated heterocycles. The molecule has 11 heteroatoms. The van der Waals surface area contributed by atoms with Gasteiger partial charge in [-0.05, 0) is 35.7 Å². The molecule has 0 radical (unpaired) electrons. The molecule has 29 heavy (non-hydrogen) atoms. The van der Waals surface area contributed by atoms with E-state index in [2.05, 4.69) is 4.98 Å². The third-order valence-corrected chi connectivity index (χ3v) is 8.15. The fourth-order valence-electron chi connectivity index (χ4n) is 3.22. The summed E-state index contributed by atoms with van der Waals surface area (Å²) in [6.45, 7) is -1.02. The number of nitrogens with zero attached hydrogens (tertiary/aromatic N) is 1. The van der Waals surface area contributed by atoms with Gasteiger partial charge in [-0.25, -0.2) is 21.6 Å². The van der Waals surface area contributed by atoms with Crippen LogP contribution in [0.1, 0.15) is 5.56 Å². The van der Waals surface area contributed by atoms with Crippen LogP contribution in [-0.2, 0) is 15.6 Å². The summed E-state index contributed by atoms with van der Waals surface area (Å²) in [4.78, 5) is 15.6. The lowest BCUT2D eigenvalue weighted by atomic mass is 10.1. The Morgan fingerprint density at radius 1 is 1.28 bits per heavy atom. The Bertz CT molecular complexity index is 1250. The van der Waals surface area contributed by atoms with E-state index < -0.39 is 45.5 Å². The predicted molar refractivity (Wildman–Crippen MR) is 103 cm³/mol. The lowest BCUT2D eigenvalue weighted by molar-refractivity contribution is -0.0711. The third-order valence-electron chi connectivity index (χ3n) is 4.75. The molecule has 0 bridgehead atoms. The van der Waals surface area contributed by atoms with E-state index in [9.17, 15) is 31.5 Å². The van der Waals surface area contributed by atoms with E-state index in [1.165, 1.54) is 35.4 Å². The lowest BCUT2D eigenvalue weighted by Gasteiger charge is -2.14. The predicted octanol–water partition coefficient (Wildman–Crippen LogP) is 2.52. The molecule has 1 aliphatic rings. The zero-order valence-corrected chi connectivity index (χ0v) is 16.4. The highest BCUT2D eigenvalue weighted by Gasteiger charge is 2.47. The molecule has 0 saturated carbocycles. The molecule has 4 rings (SSSR count). The van der Waals surface area contributed by atoms with Gasteiger partial charge in [-0.3, -0.25) is 4.79 Å². The molecule has 1 aliphatic heterocycles. The SMILES string of the molecule is O=c1[nH]ccc2cc(F)c(CS(=O)(=O)c3ccc(N4C[C@@H](O)C(F)(F)C4)s3)cc12. The Hall–Kier alpha value is -2.37. The van der Waals surface area contributed by atoms with Crippen molar-refractivity contribution in [2.45, 2.75) is 22.0 Å². The number of halogens is 3. The van der Waals surface area contributed by atoms with Crippen molar-refractivity contribution in [3.8, 4) is 0 Å². The number of thiophene rings is 1. The summed E-state index contributed by atoms with van der Waals surface area (Å²) < 4.78 is 66.8. The quantitative estimate of drug-likeness (QED) is 0.646. The second-order valence-corrected chi connectivity index (χ2v) is 10.1. The first-order chi connectivity index (χ1) is 13.6. The van der Waals surface area contributed by atoms with Crippen LogP contribution in [0.5, 0.6) is 0 Å². The summed E-state index contributed by atoms with van der Waals surface area (Å²) in [6.07, 6.45) is -0.457. The second kappa shape index (κ2) is 6.85. The number of fused-ring (bicyclic) bond motifs is 1. The van der Waals surface area contributed by atoms with Gasteiger partial charge in [0.25, 0.3) is 11.5 Å². The summed E-state index contributed by atoms with van der Waals surface area (Å²) in [6, 6.07) is 6.46. The van der Waals surface area contributed by atoms with E-state index in [1.807, 2.05) is 0 Å². The topological polar surface area (TPSA) is 90.5 Å². The van der Waals surface area contributed by atoms with Gasteiger partial charge in [-0.15, -0.1) is 11.3 Å². The number of benzene rings is 1. The highest BCUT2D eigenvalue weighted by Crippen LogP contribution is 2.37. The Balaban J connectivity index is 1.63. The maximum absolute atomic E-state index is 14.4. The number of aromatic nitrogens is 1. The largest absolute Gasteiger partial charge is 0.385 e. The van der Waals surface area contributed by atoms with Gasteiger partial charge in [0.1, 0.15) is 16.1 Å². The van der Waals surface area contributed by atoms with Crippen LogP contribution in [0.4, 0.5) is 18.2 Å². The van der Waals surface area contributed by atoms with Crippen molar-refractivity contribution in [2.75, 3.05) is 18.0 Å². The zero-order chi connectivity index (χ0) is 21.0. The number of rotatable bonds is 4. The van der Waals surface area contributed by atoms with E-state index in [4.69, 9.17) is 0 Å². The molecule has 3 heterocycles. The number of hydrogen-bond acceptors (Lipinski definition) is 6. The van der Waals surface area contributed by atoms with Crippen molar-refractivity contribution in [1.82, 2.24) is 4.98 Å². The molecule has 2 N–H and O–H groups in total. The molecule has 0 unspecified atom stereocenters. The van der Waals surface area contributed by atoms with Crippen LogP contribution in [0.25, 0.3) is 10.8 Å². The third kappa shape index (κ3) is 3.65. The number of aromatic amines is 1. The number of aliphatic hydroxyl groups excluding tert-OH is 1. The molecule has 1 fully saturated rings. The molecule has 1 atom stereocenters. The molecule has 1 aromatic carbocycles. The van der Waals surface area contributed by atoms with E-state index >= 15 is 0 Å². The minimum Gasteiger partial charge on any atom is -0.385 e. The van der Waals surface area contributed by atoms with E-state index in [-0.39, 0.29) is 26.7 Å². The van der Waals surface area contributed by atoms with Crippen molar-refractivity contribution in [3.63, 3.8) is 0 Å². The van der Waals surface area contributed by atoms with Gasteiger partial charge in [0.2, 0.25) is 0 Å². The molecular weight excluding hydrogens is 429 g/mol. The van der Waals surface area contributed by atoms with E-state index in [1.54, 1.807) is 0 Å². The highest BCUT2D eigenvalue weighted by molar-refractivity contribution is 7.92. The maximum Gasteiger partial charge on any atom is 0.292 e. The average molecular weight is 444 g/mol. The fourth-order valence-corrected chi connectivity index (χ4v) is 5.96. The molecule has 0 amide bonds. The van der Waals surface area contributed by atoms with Crippen LogP contribution in [0, 0.1) is 5.82 Å². The molecule has 154 valence electrons. The number of aliphatic hydroxyl groups is 1. The maximum atomic E-state index is 14.4. The van der Waals surface area contributed by atoms with Gasteiger partial charge >= 0.3 is 0 Å². The molecular formula is C18H15F3N2O4S2. The van der Waals surface area contributed by atoms with Crippen LogP contribution in [-0.4, -0.2) is 43.6 Å². The van der Waals surface area contributed by atoms with Crippen LogP contribution in [0.3, 0.4) is 0 Å². The van der Waals surface area contributed by atoms with Crippen molar-refractivity contribution < 1.29 is 26.7 Å². The van der Waals surface area contributed by atoms with Gasteiger partial charge in [0, 0.05) is 17.1 Å². The first-order valence-electron chi connectivity index (χ1n) is 8.50. The first-order valence-corrected chi connectivity index (χ1v) is 11.0. The molecule has 0 spiro atoms. The molecule has 0 aliphatic carbocycles. The normalized spacial score (nSPS) is 19.2. The number of H-pyrrole nitrogens is 1. The minimum atomic E-state index is -3.98. The highest BCUT2D eigenvalue weighted by atomic mass is 32.2. The fraction of sp³-hybridized carbons (Fsp3) is 0.278. The van der Waals surface area contributed by atoms with Crippen molar-refractivity contribution in [3.05, 3.63) is 58.3 Å². The second-order valence-electron chi connectivity index (χ2n) is 6.85. The van der Waals surface area contributed by atoms with Crippen LogP contribution in [0.2, 0.25) is 0 Å². The number of alkyl halides is 2. The summed E-state index contributed by atoms with van der Waals surface area (Å²) in [5.74, 6) is -4.71. The first kappa shape index (κ1) is 19.9. The van der Waals surface area contributed by atoms with Crippen LogP contribution < -0.4 is 10.5 Å². The number of nitrogens with one attached hydrogen (secondary N) is 1. The Morgan fingerprint density at radius 3 is 2.72 bits per heavy atom. The van der Waals surface area contributed by atoms with E-state index in [0.29, 0.717) is 5.39 Å². The Labute approximate surface area is 167 Å². The summed E-state index contributed by atoms with van der Waals surface area (Å²) in [7, 11) is -3.98. The smallest absolute Gasteiger partial charge is 0.292 e. The van der Waals surface area contributed by atoms with Gasteiger partial charge in [0.05, 0.1) is 23.8 Å². The lowest BCUT2D eigenvalue weighted by Crippen LogP contribution is -2.31. The number of anilines is 1. The average Bonchev–Trinajstić information content (AvgIpc) is 3.22. The number of sulfone groups is 1. The zero-order valence-electron chi connectivity index (χ0n) is 14.7. The summed E-state index contributed by atoms with van der Waals surface area (Å²) in [5.41, 5.74) is -0.625. The number of pyridine rings is 1. The van der Waals surface area contributed by atoms with Crippen LogP contribution >= 0.6 is 11.3 Å². The Morgan fingerprint density at radius 2 is 2.03 bits per heavy atom. The standard InChI is InChI=1S/C18H15F3N2O4S2/c19-13-6-10-3-4-22-17(25)12(10)5-11(13)8-29(26,27)16-2-1-15(28-16)23-7-14(24)18(20,21)9-23/h1-6,14,24H,7-9H2,(H,22,25)/t14-/m1/s1. The summed E-state index contributed by atoms with van der Waals surface area (Å²) >= 11 is 0.775. The van der Waals surface area contributed by atoms with Crippen molar-refractivity contribution in [2.24, 2.45) is 0 Å². The van der Waals surface area contributed by atoms with E-state index in [0.717, 1.165) is 17.4 Å². The number of β-amino-alcohol motifs (C(OH)–C–C–N with tert-alkyl or cyclic N) is 1. The van der Waals surface area contributed by atoms with Gasteiger partial charge in [-0.1, -0.05) is 0 Å². The molecule has 3 aromatic rings. The van der Waals surface area contributed by atoms with Gasteiger partial charge in [-0.2, -0.15) is 0 Å².